The highest BCUT2D eigenvalue weighted by Crippen LogP contribution is 2.30. The highest BCUT2D eigenvalue weighted by Gasteiger charge is 2.21. The summed E-state index contributed by atoms with van der Waals surface area (Å²) in [7, 11) is 0. The van der Waals surface area contributed by atoms with Crippen molar-refractivity contribution < 1.29 is 5.11 Å². The first-order valence-corrected chi connectivity index (χ1v) is 5.12. The SMILES string of the molecule is C=C/C=C1/CCC(O)/C1=C/C=C.CC. The van der Waals surface area contributed by atoms with Gasteiger partial charge in [0, 0.05) is 0 Å². The minimum atomic E-state index is -0.311. The smallest absolute Gasteiger partial charge is 0.0795 e. The molecule has 0 bridgehead atoms. The third-order valence-corrected chi connectivity index (χ3v) is 2.03. The van der Waals surface area contributed by atoms with Crippen LogP contribution in [-0.4, -0.2) is 11.2 Å². The minimum absolute atomic E-state index is 0.311. The molecule has 1 heteroatoms. The molecule has 0 saturated heterocycles. The second-order valence-corrected chi connectivity index (χ2v) is 2.84. The summed E-state index contributed by atoms with van der Waals surface area (Å²) in [5.41, 5.74) is 2.17. The Morgan fingerprint density at radius 3 is 2.29 bits per heavy atom. The van der Waals surface area contributed by atoms with Crippen molar-refractivity contribution in [2.75, 3.05) is 0 Å². The molecule has 0 aromatic heterocycles. The average Bonchev–Trinajstić information content (AvgIpc) is 2.54. The molecule has 0 heterocycles. The van der Waals surface area contributed by atoms with E-state index in [0.717, 1.165) is 18.4 Å². The quantitative estimate of drug-likeness (QED) is 0.711. The van der Waals surface area contributed by atoms with Gasteiger partial charge in [-0.05, 0) is 24.0 Å². The van der Waals surface area contributed by atoms with Crippen molar-refractivity contribution in [3.8, 4) is 0 Å². The van der Waals surface area contributed by atoms with Gasteiger partial charge in [0.2, 0.25) is 0 Å². The van der Waals surface area contributed by atoms with E-state index >= 15 is 0 Å². The van der Waals surface area contributed by atoms with E-state index in [9.17, 15) is 5.11 Å². The van der Waals surface area contributed by atoms with Crippen LogP contribution in [0, 0.1) is 0 Å². The fraction of sp³-hybridized carbons (Fsp3) is 0.385. The third kappa shape index (κ3) is 3.35. The fourth-order valence-electron chi connectivity index (χ4n) is 1.47. The summed E-state index contributed by atoms with van der Waals surface area (Å²) in [6.07, 6.45) is 8.73. The molecule has 78 valence electrons. The summed E-state index contributed by atoms with van der Waals surface area (Å²) >= 11 is 0. The first-order chi connectivity index (χ1) is 6.79. The molecule has 1 saturated carbocycles. The van der Waals surface area contributed by atoms with Gasteiger partial charge < -0.3 is 5.11 Å². The van der Waals surface area contributed by atoms with Crippen molar-refractivity contribution in [2.24, 2.45) is 0 Å². The van der Waals surface area contributed by atoms with Crippen molar-refractivity contribution in [2.45, 2.75) is 32.8 Å². The molecule has 1 nitrogen and oxygen atoms in total. The predicted octanol–water partition coefficient (Wildman–Crippen LogP) is 3.39. The van der Waals surface area contributed by atoms with Crippen LogP contribution < -0.4 is 0 Å². The van der Waals surface area contributed by atoms with E-state index < -0.39 is 0 Å². The highest BCUT2D eigenvalue weighted by atomic mass is 16.3. The zero-order valence-electron chi connectivity index (χ0n) is 9.16. The van der Waals surface area contributed by atoms with Crippen LogP contribution in [0.5, 0.6) is 0 Å². The lowest BCUT2D eigenvalue weighted by molar-refractivity contribution is 0.218. The van der Waals surface area contributed by atoms with Gasteiger partial charge in [0.15, 0.2) is 0 Å². The van der Waals surface area contributed by atoms with E-state index in [-0.39, 0.29) is 6.10 Å². The Hall–Kier alpha value is -1.08. The van der Waals surface area contributed by atoms with E-state index in [1.54, 1.807) is 12.2 Å². The van der Waals surface area contributed by atoms with E-state index in [2.05, 4.69) is 13.2 Å². The van der Waals surface area contributed by atoms with Crippen molar-refractivity contribution in [3.63, 3.8) is 0 Å². The molecule has 14 heavy (non-hydrogen) atoms. The van der Waals surface area contributed by atoms with Gasteiger partial charge in [-0.25, -0.2) is 0 Å². The standard InChI is InChI=1S/C11H14O.C2H6/c1-3-5-9-7-8-11(12)10(9)6-4-2;1-2/h3-6,11-12H,1-2,7-8H2;1-2H3/b9-5-,10-6+;. The van der Waals surface area contributed by atoms with Gasteiger partial charge in [-0.2, -0.15) is 0 Å². The van der Waals surface area contributed by atoms with Crippen LogP contribution >= 0.6 is 0 Å². The number of aliphatic hydroxyl groups is 1. The Bertz CT molecular complexity index is 246. The zero-order valence-corrected chi connectivity index (χ0v) is 9.16. The summed E-state index contributed by atoms with van der Waals surface area (Å²) in [4.78, 5) is 0. The molecule has 0 spiro atoms. The number of aliphatic hydroxyl groups excluding tert-OH is 1. The maximum Gasteiger partial charge on any atom is 0.0795 e. The van der Waals surface area contributed by atoms with Crippen LogP contribution in [0.2, 0.25) is 0 Å². The van der Waals surface area contributed by atoms with Crippen molar-refractivity contribution >= 4 is 0 Å². The van der Waals surface area contributed by atoms with E-state index in [0.29, 0.717) is 0 Å². The number of hydrogen-bond acceptors (Lipinski definition) is 1. The van der Waals surface area contributed by atoms with Crippen molar-refractivity contribution in [1.29, 1.82) is 0 Å². The molecule has 1 rings (SSSR count). The van der Waals surface area contributed by atoms with Crippen LogP contribution in [-0.2, 0) is 0 Å². The molecule has 1 aliphatic carbocycles. The maximum atomic E-state index is 9.53. The lowest BCUT2D eigenvalue weighted by Crippen LogP contribution is -2.01. The number of allylic oxidation sites excluding steroid dienone is 4. The first-order valence-electron chi connectivity index (χ1n) is 5.12. The summed E-state index contributed by atoms with van der Waals surface area (Å²) < 4.78 is 0. The van der Waals surface area contributed by atoms with Gasteiger partial charge in [-0.3, -0.25) is 0 Å². The van der Waals surface area contributed by atoms with E-state index in [4.69, 9.17) is 0 Å². The second kappa shape index (κ2) is 7.34. The molecular weight excluding hydrogens is 172 g/mol. The largest absolute Gasteiger partial charge is 0.388 e. The fourth-order valence-corrected chi connectivity index (χ4v) is 1.47. The molecule has 1 aliphatic rings. The molecule has 1 unspecified atom stereocenters. The Morgan fingerprint density at radius 1 is 1.21 bits per heavy atom. The second-order valence-electron chi connectivity index (χ2n) is 2.84. The Morgan fingerprint density at radius 2 is 1.79 bits per heavy atom. The number of hydrogen-bond donors (Lipinski definition) is 1. The Balaban J connectivity index is 0.000000791. The number of rotatable bonds is 2. The van der Waals surface area contributed by atoms with Gasteiger partial charge in [-0.15, -0.1) is 0 Å². The Labute approximate surface area is 87.2 Å². The predicted molar refractivity (Wildman–Crippen MR) is 63.1 cm³/mol. The molecule has 1 N–H and O–H groups in total. The van der Waals surface area contributed by atoms with Gasteiger partial charge in [0.25, 0.3) is 0 Å². The van der Waals surface area contributed by atoms with Crippen LogP contribution in [0.3, 0.4) is 0 Å². The van der Waals surface area contributed by atoms with E-state index in [1.807, 2.05) is 26.0 Å². The molecule has 0 aromatic carbocycles. The van der Waals surface area contributed by atoms with Crippen LogP contribution in [0.4, 0.5) is 0 Å². The lowest BCUT2D eigenvalue weighted by Gasteiger charge is -2.02. The van der Waals surface area contributed by atoms with E-state index in [1.165, 1.54) is 5.57 Å². The zero-order chi connectivity index (χ0) is 11.0. The summed E-state index contributed by atoms with van der Waals surface area (Å²) in [6.45, 7) is 11.2. The molecule has 0 aromatic rings. The minimum Gasteiger partial charge on any atom is -0.388 e. The van der Waals surface area contributed by atoms with Gasteiger partial charge in [0.05, 0.1) is 6.10 Å². The topological polar surface area (TPSA) is 20.2 Å². The van der Waals surface area contributed by atoms with Gasteiger partial charge in [-0.1, -0.05) is 51.3 Å². The molecule has 0 aliphatic heterocycles. The molecular formula is C13H20O. The Kier molecular flexibility index (Phi) is 6.77. The normalized spacial score (nSPS) is 25.8. The van der Waals surface area contributed by atoms with Gasteiger partial charge >= 0.3 is 0 Å². The van der Waals surface area contributed by atoms with Crippen molar-refractivity contribution in [3.05, 3.63) is 48.6 Å². The third-order valence-electron chi connectivity index (χ3n) is 2.03. The molecule has 0 amide bonds. The first kappa shape index (κ1) is 12.9. The lowest BCUT2D eigenvalue weighted by atomic mass is 10.1. The molecule has 0 radical (unpaired) electrons. The van der Waals surface area contributed by atoms with Crippen LogP contribution in [0.15, 0.2) is 48.6 Å². The van der Waals surface area contributed by atoms with Gasteiger partial charge in [0.1, 0.15) is 0 Å². The van der Waals surface area contributed by atoms with Crippen LogP contribution in [0.25, 0.3) is 0 Å². The van der Waals surface area contributed by atoms with Crippen molar-refractivity contribution in [1.82, 2.24) is 0 Å². The molecule has 1 fully saturated rings. The summed E-state index contributed by atoms with van der Waals surface area (Å²) in [6, 6.07) is 0. The highest BCUT2D eigenvalue weighted by molar-refractivity contribution is 5.41. The monoisotopic (exact) mass is 192 g/mol. The average molecular weight is 192 g/mol. The van der Waals surface area contributed by atoms with Crippen LogP contribution in [0.1, 0.15) is 26.7 Å². The molecule has 1 atom stereocenters. The maximum absolute atomic E-state index is 9.53. The summed E-state index contributed by atoms with van der Waals surface area (Å²) in [5, 5.41) is 9.53. The summed E-state index contributed by atoms with van der Waals surface area (Å²) in [5.74, 6) is 0.